The number of amides is 8. The second kappa shape index (κ2) is 28.7. The van der Waals surface area contributed by atoms with E-state index in [-0.39, 0.29) is 43.4 Å². The molecule has 0 aliphatic heterocycles. The van der Waals surface area contributed by atoms with Gasteiger partial charge in [-0.2, -0.15) is 0 Å². The third kappa shape index (κ3) is 19.7. The van der Waals surface area contributed by atoms with Crippen molar-refractivity contribution in [1.82, 2.24) is 47.5 Å². The van der Waals surface area contributed by atoms with Gasteiger partial charge >= 0.3 is 11.9 Å². The van der Waals surface area contributed by atoms with E-state index in [4.69, 9.17) is 5.73 Å². The van der Waals surface area contributed by atoms with E-state index in [1.54, 1.807) is 85.9 Å². The van der Waals surface area contributed by atoms with Crippen LogP contribution in [0.15, 0.2) is 30.5 Å². The van der Waals surface area contributed by atoms with Crippen molar-refractivity contribution in [2.45, 2.75) is 136 Å². The molecular weight excluding hydrogens is 917 g/mol. The number of carboxylic acids is 2. The topological polar surface area (TPSA) is 390 Å². The van der Waals surface area contributed by atoms with Crippen LogP contribution in [-0.2, 0) is 54.4 Å². The van der Waals surface area contributed by atoms with Crippen LogP contribution in [0.4, 0.5) is 0 Å². The van der Waals surface area contributed by atoms with Gasteiger partial charge in [-0.1, -0.05) is 73.6 Å². The number of aromatic amines is 1. The number of hydrogen-bond donors (Lipinski definition) is 14. The highest BCUT2D eigenvalue weighted by molar-refractivity contribution is 5.98. The van der Waals surface area contributed by atoms with Gasteiger partial charge in [-0.05, 0) is 54.6 Å². The van der Waals surface area contributed by atoms with Crippen molar-refractivity contribution < 1.29 is 68.4 Å². The standard InChI is InChI=1S/C46H72N10O14/c1-22(2)13-30(51-39(62)28(47)20-57)41(64)52-31(14-23(3)4)42(65)55-35(21-58)40(63)49-19-36(59)50-33(17-37(60)61)43(66)53-32(16-26-18-48-29-12-10-9-11-27(26)29)44(67)56-38(25(7)8)45(68)54-34(46(69)70)15-24(5)6/h9-12,18,22-25,28,30-35,38,48,57-58H,13-17,19-21,47H2,1-8H3,(H,49,63)(H,50,59)(H,51,62)(H,52,64)(H,53,66)(H,54,68)(H,55,65)(H,56,67)(H,60,61)(H,69,70)/t28-,30-,31-,32-,33-,34-,35-,38-/m0/s1. The zero-order valence-corrected chi connectivity index (χ0v) is 40.9. The number of carbonyl (C=O) groups is 10. The first-order chi connectivity index (χ1) is 32.8. The molecule has 0 unspecified atom stereocenters. The van der Waals surface area contributed by atoms with Crippen molar-refractivity contribution in [3.63, 3.8) is 0 Å². The average molecular weight is 989 g/mol. The number of rotatable bonds is 30. The normalized spacial score (nSPS) is 14.8. The van der Waals surface area contributed by atoms with Gasteiger partial charge < -0.3 is 73.7 Å². The number of nitrogens with two attached hydrogens (primary N) is 1. The van der Waals surface area contributed by atoms with Crippen molar-refractivity contribution in [3.8, 4) is 0 Å². The van der Waals surface area contributed by atoms with Crippen LogP contribution >= 0.6 is 0 Å². The largest absolute Gasteiger partial charge is 0.481 e. The summed E-state index contributed by atoms with van der Waals surface area (Å²) in [6, 6.07) is -4.25. The lowest BCUT2D eigenvalue weighted by atomic mass is 9.99. The van der Waals surface area contributed by atoms with E-state index in [1.165, 1.54) is 0 Å². The van der Waals surface area contributed by atoms with E-state index in [0.29, 0.717) is 16.5 Å². The summed E-state index contributed by atoms with van der Waals surface area (Å²) in [6.07, 6.45) is 0.692. The molecule has 390 valence electrons. The lowest BCUT2D eigenvalue weighted by molar-refractivity contribution is -0.143. The van der Waals surface area contributed by atoms with Crippen LogP contribution in [0.1, 0.15) is 86.6 Å². The Labute approximate surface area is 406 Å². The Morgan fingerprint density at radius 3 is 1.56 bits per heavy atom. The van der Waals surface area contributed by atoms with Gasteiger partial charge in [0, 0.05) is 23.5 Å². The van der Waals surface area contributed by atoms with Gasteiger partial charge in [-0.25, -0.2) is 4.79 Å². The number of aliphatic hydroxyl groups excluding tert-OH is 2. The van der Waals surface area contributed by atoms with Crippen molar-refractivity contribution in [3.05, 3.63) is 36.0 Å². The highest BCUT2D eigenvalue weighted by atomic mass is 16.4. The lowest BCUT2D eigenvalue weighted by Gasteiger charge is -2.28. The summed E-state index contributed by atoms with van der Waals surface area (Å²) in [6.45, 7) is 11.3. The number of nitrogens with one attached hydrogen (secondary N) is 9. The molecule has 1 aromatic carbocycles. The molecule has 0 saturated carbocycles. The minimum atomic E-state index is -1.84. The Kier molecular flexibility index (Phi) is 24.4. The molecule has 0 saturated heterocycles. The summed E-state index contributed by atoms with van der Waals surface area (Å²) in [5.41, 5.74) is 6.83. The van der Waals surface area contributed by atoms with Crippen molar-refractivity contribution in [2.75, 3.05) is 19.8 Å². The molecule has 0 aliphatic carbocycles. The van der Waals surface area contributed by atoms with E-state index in [0.717, 1.165) is 0 Å². The zero-order chi connectivity index (χ0) is 53.0. The lowest BCUT2D eigenvalue weighted by Crippen LogP contribution is -2.60. The van der Waals surface area contributed by atoms with E-state index in [9.17, 15) is 68.4 Å². The number of H-pyrrole nitrogens is 1. The average Bonchev–Trinajstić information content (AvgIpc) is 3.68. The predicted molar refractivity (Wildman–Crippen MR) is 254 cm³/mol. The van der Waals surface area contributed by atoms with Crippen molar-refractivity contribution >= 4 is 70.1 Å². The Bertz CT molecular complexity index is 2140. The van der Waals surface area contributed by atoms with Crippen molar-refractivity contribution in [1.29, 1.82) is 0 Å². The first-order valence-corrected chi connectivity index (χ1v) is 23.1. The fraction of sp³-hybridized carbons (Fsp3) is 0.609. The van der Waals surface area contributed by atoms with Gasteiger partial charge in [-0.3, -0.25) is 43.2 Å². The Morgan fingerprint density at radius 2 is 1.04 bits per heavy atom. The number of aliphatic hydroxyl groups is 2. The number of aromatic nitrogens is 1. The van der Waals surface area contributed by atoms with Gasteiger partial charge in [0.15, 0.2) is 0 Å². The van der Waals surface area contributed by atoms with E-state index < -0.39 is 140 Å². The molecule has 2 aromatic rings. The van der Waals surface area contributed by atoms with Gasteiger partial charge in [0.05, 0.1) is 26.2 Å². The molecule has 24 nitrogen and oxygen atoms in total. The summed E-state index contributed by atoms with van der Waals surface area (Å²) < 4.78 is 0. The number of hydrogen-bond acceptors (Lipinski definition) is 13. The first-order valence-electron chi connectivity index (χ1n) is 23.1. The fourth-order valence-corrected chi connectivity index (χ4v) is 7.17. The van der Waals surface area contributed by atoms with E-state index in [2.05, 4.69) is 47.5 Å². The van der Waals surface area contributed by atoms with Crippen LogP contribution in [0.3, 0.4) is 0 Å². The molecule has 24 heteroatoms. The summed E-state index contributed by atoms with van der Waals surface area (Å²) in [7, 11) is 0. The van der Waals surface area contributed by atoms with Crippen LogP contribution in [-0.4, -0.2) is 153 Å². The maximum absolute atomic E-state index is 14.1. The van der Waals surface area contributed by atoms with Gasteiger partial charge in [-0.15, -0.1) is 0 Å². The van der Waals surface area contributed by atoms with Crippen LogP contribution in [0, 0.1) is 23.7 Å². The van der Waals surface area contributed by atoms with Crippen LogP contribution in [0.5, 0.6) is 0 Å². The molecule has 0 fully saturated rings. The number of benzene rings is 1. The molecule has 70 heavy (non-hydrogen) atoms. The van der Waals surface area contributed by atoms with Crippen LogP contribution in [0.2, 0.25) is 0 Å². The molecule has 0 radical (unpaired) electrons. The highest BCUT2D eigenvalue weighted by Crippen LogP contribution is 2.20. The monoisotopic (exact) mass is 989 g/mol. The van der Waals surface area contributed by atoms with E-state index >= 15 is 0 Å². The summed E-state index contributed by atoms with van der Waals surface area (Å²) in [5.74, 6) is -11.2. The summed E-state index contributed by atoms with van der Waals surface area (Å²) in [4.78, 5) is 134. The number of para-hydroxylation sites is 1. The summed E-state index contributed by atoms with van der Waals surface area (Å²) >= 11 is 0. The molecular formula is C46H72N10O14. The quantitative estimate of drug-likeness (QED) is 0.0398. The molecule has 15 N–H and O–H groups in total. The maximum atomic E-state index is 14.1. The number of fused-ring (bicyclic) bond motifs is 1. The molecule has 0 spiro atoms. The first kappa shape index (κ1) is 59.5. The second-order valence-corrected chi connectivity index (χ2v) is 18.7. The molecule has 8 amide bonds. The fourth-order valence-electron chi connectivity index (χ4n) is 7.17. The molecule has 1 heterocycles. The molecule has 0 aliphatic rings. The SMILES string of the molecule is CC(C)C[C@H](NC(=O)[C@@H](NC(=O)[C@H](Cc1c[nH]c2ccccc12)NC(=O)[C@H](CC(=O)O)NC(=O)CNC(=O)[C@H](CO)NC(=O)[C@H](CC(C)C)NC(=O)[C@H](CC(C)C)NC(=O)[C@@H](N)CO)C(C)C)C(=O)O. The number of carbonyl (C=O) groups excluding carboxylic acids is 8. The maximum Gasteiger partial charge on any atom is 0.326 e. The minimum absolute atomic E-state index is 0.0505. The third-order valence-electron chi connectivity index (χ3n) is 10.8. The minimum Gasteiger partial charge on any atom is -0.481 e. The molecule has 0 bridgehead atoms. The Balaban J connectivity index is 2.28. The number of aliphatic carboxylic acids is 2. The second-order valence-electron chi connectivity index (χ2n) is 18.7. The Hall–Kier alpha value is -6.66. The Morgan fingerprint density at radius 1 is 0.557 bits per heavy atom. The van der Waals surface area contributed by atoms with Crippen LogP contribution < -0.4 is 48.3 Å². The molecule has 1 aromatic heterocycles. The third-order valence-corrected chi connectivity index (χ3v) is 10.8. The summed E-state index contributed by atoms with van der Waals surface area (Å²) in [5, 5.41) is 58.8. The van der Waals surface area contributed by atoms with Gasteiger partial charge in [0.1, 0.15) is 48.3 Å². The molecule has 2 rings (SSSR count). The van der Waals surface area contributed by atoms with E-state index in [1.807, 2.05) is 0 Å². The van der Waals surface area contributed by atoms with Crippen molar-refractivity contribution in [2.24, 2.45) is 29.4 Å². The van der Waals surface area contributed by atoms with Crippen LogP contribution in [0.25, 0.3) is 10.9 Å². The van der Waals surface area contributed by atoms with Gasteiger partial charge in [0.25, 0.3) is 0 Å². The molecule has 8 atom stereocenters. The van der Waals surface area contributed by atoms with Gasteiger partial charge in [0.2, 0.25) is 47.3 Å². The smallest absolute Gasteiger partial charge is 0.326 e. The number of carboxylic acid groups (broad SMARTS) is 2. The predicted octanol–water partition coefficient (Wildman–Crippen LogP) is -2.11. The zero-order valence-electron chi connectivity index (χ0n) is 40.9. The highest BCUT2D eigenvalue weighted by Gasteiger charge is 2.35.